The fraction of sp³-hybridized carbons (Fsp3) is 0.545. The first-order valence-corrected chi connectivity index (χ1v) is 5.28. The summed E-state index contributed by atoms with van der Waals surface area (Å²) in [7, 11) is 3.82. The third kappa shape index (κ3) is 3.18. The van der Waals surface area contributed by atoms with Crippen LogP contribution in [-0.2, 0) is 4.79 Å². The van der Waals surface area contributed by atoms with Crippen molar-refractivity contribution in [3.63, 3.8) is 0 Å². The van der Waals surface area contributed by atoms with Gasteiger partial charge in [-0.2, -0.15) is 0 Å². The van der Waals surface area contributed by atoms with E-state index >= 15 is 0 Å². The van der Waals surface area contributed by atoms with Gasteiger partial charge >= 0.3 is 0 Å². The number of ketones is 1. The maximum Gasteiger partial charge on any atom is 0.149 e. The Hall–Kier alpha value is -1.65. The number of nitrogens with zero attached hydrogens (tertiary/aromatic N) is 4. The number of likely N-dealkylation sites (N-methyl/N-ethyl adjacent to an activating group) is 1. The lowest BCUT2D eigenvalue weighted by atomic mass is 10.4. The van der Waals surface area contributed by atoms with E-state index in [2.05, 4.69) is 16.9 Å². The van der Waals surface area contributed by atoms with Gasteiger partial charge in [0.2, 0.25) is 0 Å². The van der Waals surface area contributed by atoms with E-state index < -0.39 is 0 Å². The van der Waals surface area contributed by atoms with Gasteiger partial charge < -0.3 is 9.80 Å². The number of Topliss-reactive ketones (excluding diaryl/α,β-unsaturated/α-hetero) is 1. The highest BCUT2D eigenvalue weighted by atomic mass is 16.1. The summed E-state index contributed by atoms with van der Waals surface area (Å²) in [5, 5.41) is 0. The Morgan fingerprint density at radius 1 is 1.25 bits per heavy atom. The number of hydrogen-bond donors (Lipinski definition) is 0. The van der Waals surface area contributed by atoms with Crippen LogP contribution in [0, 0.1) is 0 Å². The van der Waals surface area contributed by atoms with Crippen LogP contribution in [-0.4, -0.2) is 42.9 Å². The molecule has 0 aliphatic heterocycles. The van der Waals surface area contributed by atoms with Gasteiger partial charge in [-0.1, -0.05) is 0 Å². The molecule has 0 aliphatic carbocycles. The van der Waals surface area contributed by atoms with E-state index in [0.29, 0.717) is 6.54 Å². The molecular weight excluding hydrogens is 204 g/mol. The largest absolute Gasteiger partial charge is 0.360 e. The molecule has 1 aromatic heterocycles. The molecule has 0 spiro atoms. The van der Waals surface area contributed by atoms with Crippen molar-refractivity contribution in [2.75, 3.05) is 37.0 Å². The summed E-state index contributed by atoms with van der Waals surface area (Å²) in [4.78, 5) is 23.2. The Morgan fingerprint density at radius 2 is 1.81 bits per heavy atom. The molecule has 0 amide bonds. The molecule has 1 aromatic rings. The molecule has 16 heavy (non-hydrogen) atoms. The minimum absolute atomic E-state index is 0.117. The van der Waals surface area contributed by atoms with Gasteiger partial charge in [-0.05, 0) is 13.8 Å². The minimum atomic E-state index is 0.117. The summed E-state index contributed by atoms with van der Waals surface area (Å²) in [5.41, 5.74) is 0. The number of aromatic nitrogens is 2. The Balaban J connectivity index is 2.85. The van der Waals surface area contributed by atoms with Crippen molar-refractivity contribution in [1.29, 1.82) is 0 Å². The van der Waals surface area contributed by atoms with Crippen LogP contribution in [0.3, 0.4) is 0 Å². The Morgan fingerprint density at radius 3 is 2.31 bits per heavy atom. The zero-order valence-corrected chi connectivity index (χ0v) is 10.3. The van der Waals surface area contributed by atoms with Crippen LogP contribution in [0.25, 0.3) is 0 Å². The summed E-state index contributed by atoms with van der Waals surface area (Å²) in [6.07, 6.45) is 1.52. The van der Waals surface area contributed by atoms with Crippen LogP contribution in [0.1, 0.15) is 13.8 Å². The topological polar surface area (TPSA) is 49.3 Å². The molecule has 0 bridgehead atoms. The molecule has 0 unspecified atom stereocenters. The summed E-state index contributed by atoms with van der Waals surface area (Å²) >= 11 is 0. The molecule has 0 saturated heterocycles. The summed E-state index contributed by atoms with van der Waals surface area (Å²) < 4.78 is 0. The molecule has 1 rings (SSSR count). The number of rotatable bonds is 5. The quantitative estimate of drug-likeness (QED) is 0.742. The Kier molecular flexibility index (Phi) is 4.22. The lowest BCUT2D eigenvalue weighted by molar-refractivity contribution is -0.115. The second kappa shape index (κ2) is 5.44. The molecule has 0 aliphatic rings. The molecule has 0 radical (unpaired) electrons. The van der Waals surface area contributed by atoms with Gasteiger partial charge in [-0.25, -0.2) is 9.97 Å². The summed E-state index contributed by atoms with van der Waals surface area (Å²) in [5.74, 6) is 1.75. The number of anilines is 2. The molecule has 0 atom stereocenters. The first kappa shape index (κ1) is 12.4. The third-order valence-electron chi connectivity index (χ3n) is 2.35. The maximum atomic E-state index is 11.0. The van der Waals surface area contributed by atoms with Crippen LogP contribution in [0.5, 0.6) is 0 Å². The lowest BCUT2D eigenvalue weighted by Gasteiger charge is -2.19. The van der Waals surface area contributed by atoms with E-state index in [4.69, 9.17) is 0 Å². The first-order chi connectivity index (χ1) is 7.54. The van der Waals surface area contributed by atoms with Crippen molar-refractivity contribution >= 4 is 17.4 Å². The van der Waals surface area contributed by atoms with Gasteiger partial charge in [-0.3, -0.25) is 4.79 Å². The molecule has 0 aromatic carbocycles. The summed E-state index contributed by atoms with van der Waals surface area (Å²) in [6, 6.07) is 1.88. The number of carbonyl (C=O) groups is 1. The standard InChI is InChI=1S/C11H18N4O/c1-5-14(3)10-6-11(13-8-12-10)15(4)7-9(2)16/h6,8H,5,7H2,1-4H3. The number of carbonyl (C=O) groups excluding carboxylic acids is 1. The molecule has 88 valence electrons. The molecule has 5 nitrogen and oxygen atoms in total. The Bertz CT molecular complexity index is 367. The van der Waals surface area contributed by atoms with Crippen molar-refractivity contribution in [3.8, 4) is 0 Å². The second-order valence-electron chi connectivity index (χ2n) is 3.81. The van der Waals surface area contributed by atoms with Crippen LogP contribution < -0.4 is 9.80 Å². The van der Waals surface area contributed by atoms with Crippen molar-refractivity contribution in [2.45, 2.75) is 13.8 Å². The van der Waals surface area contributed by atoms with E-state index in [-0.39, 0.29) is 5.78 Å². The predicted molar refractivity (Wildman–Crippen MR) is 64.9 cm³/mol. The van der Waals surface area contributed by atoms with Gasteiger partial charge in [0.15, 0.2) is 0 Å². The van der Waals surface area contributed by atoms with Crippen molar-refractivity contribution < 1.29 is 4.79 Å². The van der Waals surface area contributed by atoms with E-state index in [9.17, 15) is 4.79 Å². The Labute approximate surface area is 96.1 Å². The molecular formula is C11H18N4O. The monoisotopic (exact) mass is 222 g/mol. The van der Waals surface area contributed by atoms with Gasteiger partial charge in [-0.15, -0.1) is 0 Å². The average molecular weight is 222 g/mol. The van der Waals surface area contributed by atoms with Crippen LogP contribution in [0.2, 0.25) is 0 Å². The van der Waals surface area contributed by atoms with Crippen LogP contribution >= 0.6 is 0 Å². The van der Waals surface area contributed by atoms with Crippen molar-refractivity contribution in [3.05, 3.63) is 12.4 Å². The maximum absolute atomic E-state index is 11.0. The highest BCUT2D eigenvalue weighted by Crippen LogP contribution is 2.14. The van der Waals surface area contributed by atoms with E-state index in [1.54, 1.807) is 6.92 Å². The van der Waals surface area contributed by atoms with Gasteiger partial charge in [0.1, 0.15) is 23.7 Å². The number of hydrogen-bond acceptors (Lipinski definition) is 5. The van der Waals surface area contributed by atoms with Gasteiger partial charge in [0.25, 0.3) is 0 Å². The molecule has 1 heterocycles. The zero-order chi connectivity index (χ0) is 12.1. The van der Waals surface area contributed by atoms with E-state index in [1.807, 2.05) is 30.0 Å². The highest BCUT2D eigenvalue weighted by Gasteiger charge is 2.07. The van der Waals surface area contributed by atoms with Crippen LogP contribution in [0.4, 0.5) is 11.6 Å². The first-order valence-electron chi connectivity index (χ1n) is 5.28. The van der Waals surface area contributed by atoms with E-state index in [0.717, 1.165) is 18.2 Å². The molecule has 0 fully saturated rings. The highest BCUT2D eigenvalue weighted by molar-refractivity contribution is 5.80. The molecule has 5 heteroatoms. The third-order valence-corrected chi connectivity index (χ3v) is 2.35. The van der Waals surface area contributed by atoms with Crippen molar-refractivity contribution in [1.82, 2.24) is 9.97 Å². The average Bonchev–Trinajstić information content (AvgIpc) is 2.27. The van der Waals surface area contributed by atoms with Gasteiger partial charge in [0.05, 0.1) is 6.54 Å². The normalized spacial score (nSPS) is 10.0. The SMILES string of the molecule is CCN(C)c1cc(N(C)CC(C)=O)ncn1. The zero-order valence-electron chi connectivity index (χ0n) is 10.3. The second-order valence-corrected chi connectivity index (χ2v) is 3.81. The summed E-state index contributed by atoms with van der Waals surface area (Å²) in [6.45, 7) is 4.87. The predicted octanol–water partition coefficient (Wildman–Crippen LogP) is 0.958. The minimum Gasteiger partial charge on any atom is -0.360 e. The van der Waals surface area contributed by atoms with Crippen molar-refractivity contribution in [2.24, 2.45) is 0 Å². The smallest absolute Gasteiger partial charge is 0.149 e. The van der Waals surface area contributed by atoms with Crippen LogP contribution in [0.15, 0.2) is 12.4 Å². The molecule has 0 N–H and O–H groups in total. The lowest BCUT2D eigenvalue weighted by Crippen LogP contribution is -2.25. The van der Waals surface area contributed by atoms with E-state index in [1.165, 1.54) is 6.33 Å². The molecule has 0 saturated carbocycles. The fourth-order valence-electron chi connectivity index (χ4n) is 1.33. The fourth-order valence-corrected chi connectivity index (χ4v) is 1.33. The van der Waals surface area contributed by atoms with Gasteiger partial charge in [0, 0.05) is 26.7 Å².